The smallest absolute Gasteiger partial charge is 0.403 e. The second-order valence-electron chi connectivity index (χ2n) is 7.54. The summed E-state index contributed by atoms with van der Waals surface area (Å²) >= 11 is 0. The first-order chi connectivity index (χ1) is 14.3. The molecule has 2 atom stereocenters. The van der Waals surface area contributed by atoms with Crippen molar-refractivity contribution in [2.45, 2.75) is 31.9 Å². The van der Waals surface area contributed by atoms with Crippen LogP contribution in [0.25, 0.3) is 0 Å². The summed E-state index contributed by atoms with van der Waals surface area (Å²) in [6.07, 6.45) is -4.92. The normalized spacial score (nSPS) is 21.9. The number of hydrogen-bond acceptors (Lipinski definition) is 3. The molecule has 2 aromatic carbocycles. The molecule has 162 valence electrons. The number of rotatable bonds is 6. The van der Waals surface area contributed by atoms with Gasteiger partial charge in [-0.2, -0.15) is 13.2 Å². The van der Waals surface area contributed by atoms with Gasteiger partial charge in [0.15, 0.2) is 5.41 Å². The van der Waals surface area contributed by atoms with Crippen LogP contribution in [0, 0.1) is 5.41 Å². The van der Waals surface area contributed by atoms with Gasteiger partial charge >= 0.3 is 6.18 Å². The van der Waals surface area contributed by atoms with E-state index in [1.807, 2.05) is 6.07 Å². The number of carbonyl (C=O) groups excluding carboxylic acids is 1. The molecule has 0 saturated carbocycles. The Labute approximate surface area is 175 Å². The van der Waals surface area contributed by atoms with Crippen LogP contribution in [0.2, 0.25) is 0 Å². The molecule has 0 saturated heterocycles. The van der Waals surface area contributed by atoms with Crippen LogP contribution in [0.15, 0.2) is 48.5 Å². The number of benzene rings is 2. The van der Waals surface area contributed by atoms with E-state index < -0.39 is 23.4 Å². The molecule has 1 amide bonds. The number of nitrogens with zero attached hydrogens (tertiary/aromatic N) is 1. The van der Waals surface area contributed by atoms with Crippen molar-refractivity contribution in [2.24, 2.45) is 5.41 Å². The van der Waals surface area contributed by atoms with Crippen molar-refractivity contribution in [1.29, 1.82) is 0 Å². The lowest BCUT2D eigenvalue weighted by molar-refractivity contribution is -0.228. The number of alkyl halides is 3. The summed E-state index contributed by atoms with van der Waals surface area (Å²) in [5.74, 6) is -1.37. The number of amides is 1. The number of nitrogens with one attached hydrogen (secondary N) is 1. The van der Waals surface area contributed by atoms with Crippen molar-refractivity contribution < 1.29 is 22.7 Å². The van der Waals surface area contributed by atoms with Crippen molar-refractivity contribution in [3.8, 4) is 5.75 Å². The van der Waals surface area contributed by atoms with Crippen LogP contribution in [0.5, 0.6) is 5.75 Å². The zero-order chi connectivity index (χ0) is 21.9. The molecule has 2 aromatic rings. The number of carbonyl (C=O) groups is 1. The molecule has 7 heteroatoms. The van der Waals surface area contributed by atoms with Gasteiger partial charge < -0.3 is 15.0 Å². The van der Waals surface area contributed by atoms with Gasteiger partial charge in [-0.15, -0.1) is 0 Å². The maximum absolute atomic E-state index is 14.7. The summed E-state index contributed by atoms with van der Waals surface area (Å²) in [6, 6.07) is 13.7. The average Bonchev–Trinajstić information content (AvgIpc) is 2.84. The molecule has 1 aliphatic rings. The first kappa shape index (κ1) is 22.2. The molecule has 0 bridgehead atoms. The van der Waals surface area contributed by atoms with Crippen LogP contribution >= 0.6 is 0 Å². The third kappa shape index (κ3) is 3.67. The number of para-hydroxylation sites is 1. The van der Waals surface area contributed by atoms with E-state index in [0.29, 0.717) is 23.5 Å². The molecule has 0 aliphatic carbocycles. The molecular weight excluding hydrogens is 393 g/mol. The topological polar surface area (TPSA) is 41.6 Å². The average molecular weight is 420 g/mol. The SMILES string of the molecule is CCC1(C(F)(F)F)C(=O)N(CCNC)c2ccccc2CC1c1ccc(OC)cc1. The molecule has 0 fully saturated rings. The Kier molecular flexibility index (Phi) is 6.41. The van der Waals surface area contributed by atoms with Crippen LogP contribution in [0.3, 0.4) is 0 Å². The minimum absolute atomic E-state index is 0.123. The van der Waals surface area contributed by atoms with Gasteiger partial charge in [-0.25, -0.2) is 0 Å². The maximum atomic E-state index is 14.7. The zero-order valence-electron chi connectivity index (χ0n) is 17.4. The zero-order valence-corrected chi connectivity index (χ0v) is 17.4. The predicted molar refractivity (Wildman–Crippen MR) is 111 cm³/mol. The molecule has 2 unspecified atom stereocenters. The summed E-state index contributed by atoms with van der Waals surface area (Å²) in [6.45, 7) is 2.01. The molecular formula is C23H27F3N2O2. The van der Waals surface area contributed by atoms with Gasteiger partial charge in [0.05, 0.1) is 7.11 Å². The highest BCUT2D eigenvalue weighted by atomic mass is 19.4. The molecule has 0 radical (unpaired) electrons. The van der Waals surface area contributed by atoms with Gasteiger partial charge in [-0.05, 0) is 49.2 Å². The van der Waals surface area contributed by atoms with Crippen molar-refractivity contribution in [1.82, 2.24) is 5.32 Å². The van der Waals surface area contributed by atoms with E-state index in [0.717, 1.165) is 5.56 Å². The van der Waals surface area contributed by atoms with Gasteiger partial charge in [0.1, 0.15) is 5.75 Å². The van der Waals surface area contributed by atoms with Gasteiger partial charge in [0.2, 0.25) is 5.91 Å². The maximum Gasteiger partial charge on any atom is 0.403 e. The number of likely N-dealkylation sites (N-methyl/N-ethyl adjacent to an activating group) is 1. The van der Waals surface area contributed by atoms with Crippen LogP contribution in [-0.2, 0) is 11.2 Å². The van der Waals surface area contributed by atoms with E-state index in [-0.39, 0.29) is 19.4 Å². The van der Waals surface area contributed by atoms with Crippen molar-refractivity contribution in [2.75, 3.05) is 32.1 Å². The van der Waals surface area contributed by atoms with E-state index in [2.05, 4.69) is 5.32 Å². The van der Waals surface area contributed by atoms with Gasteiger partial charge in [0, 0.05) is 24.7 Å². The van der Waals surface area contributed by atoms with Gasteiger partial charge in [-0.1, -0.05) is 37.3 Å². The Morgan fingerprint density at radius 2 is 1.83 bits per heavy atom. The molecule has 30 heavy (non-hydrogen) atoms. The molecule has 0 aromatic heterocycles. The monoisotopic (exact) mass is 420 g/mol. The molecule has 1 N–H and O–H groups in total. The molecule has 1 aliphatic heterocycles. The number of methoxy groups -OCH3 is 1. The van der Waals surface area contributed by atoms with Crippen molar-refractivity contribution in [3.63, 3.8) is 0 Å². The van der Waals surface area contributed by atoms with E-state index in [9.17, 15) is 18.0 Å². The number of anilines is 1. The van der Waals surface area contributed by atoms with Crippen LogP contribution in [-0.4, -0.2) is 39.3 Å². The Bertz CT molecular complexity index is 883. The standard InChI is InChI=1S/C23H27F3N2O2/c1-4-22(23(24,25)26)19(16-9-11-18(30-3)12-10-16)15-17-7-5-6-8-20(17)28(21(22)29)14-13-27-2/h5-12,19,27H,4,13-15H2,1-3H3. The molecule has 0 spiro atoms. The number of halogens is 3. The first-order valence-electron chi connectivity index (χ1n) is 10.0. The fourth-order valence-corrected chi connectivity index (χ4v) is 4.44. The second kappa shape index (κ2) is 8.68. The van der Waals surface area contributed by atoms with E-state index >= 15 is 0 Å². The number of fused-ring (bicyclic) bond motifs is 1. The highest BCUT2D eigenvalue weighted by Gasteiger charge is 2.65. The third-order valence-corrected chi connectivity index (χ3v) is 6.10. The van der Waals surface area contributed by atoms with Crippen molar-refractivity contribution in [3.05, 3.63) is 59.7 Å². The lowest BCUT2D eigenvalue weighted by atomic mass is 9.67. The minimum Gasteiger partial charge on any atom is -0.497 e. The van der Waals surface area contributed by atoms with Crippen LogP contribution in [0.1, 0.15) is 30.4 Å². The lowest BCUT2D eigenvalue weighted by Crippen LogP contribution is -2.55. The first-order valence-corrected chi connectivity index (χ1v) is 10.0. The Hall–Kier alpha value is -2.54. The molecule has 3 rings (SSSR count). The Morgan fingerprint density at radius 1 is 1.17 bits per heavy atom. The Morgan fingerprint density at radius 3 is 2.40 bits per heavy atom. The second-order valence-corrected chi connectivity index (χ2v) is 7.54. The minimum atomic E-state index is -4.70. The van der Waals surface area contributed by atoms with Gasteiger partial charge in [-0.3, -0.25) is 4.79 Å². The van der Waals surface area contributed by atoms with Gasteiger partial charge in [0.25, 0.3) is 0 Å². The predicted octanol–water partition coefficient (Wildman–Crippen LogP) is 4.55. The van der Waals surface area contributed by atoms with E-state index in [4.69, 9.17) is 4.74 Å². The van der Waals surface area contributed by atoms with E-state index in [1.165, 1.54) is 18.9 Å². The fourth-order valence-electron chi connectivity index (χ4n) is 4.44. The third-order valence-electron chi connectivity index (χ3n) is 6.10. The Balaban J connectivity index is 2.24. The summed E-state index contributed by atoms with van der Waals surface area (Å²) in [5.41, 5.74) is -0.749. The fraction of sp³-hybridized carbons (Fsp3) is 0.435. The summed E-state index contributed by atoms with van der Waals surface area (Å²) in [4.78, 5) is 15.0. The highest BCUT2D eigenvalue weighted by Crippen LogP contribution is 2.56. The quantitative estimate of drug-likeness (QED) is 0.746. The number of hydrogen-bond donors (Lipinski definition) is 1. The molecule has 1 heterocycles. The highest BCUT2D eigenvalue weighted by molar-refractivity contribution is 6.00. The van der Waals surface area contributed by atoms with E-state index in [1.54, 1.807) is 49.5 Å². The largest absolute Gasteiger partial charge is 0.497 e. The van der Waals surface area contributed by atoms with Crippen LogP contribution in [0.4, 0.5) is 18.9 Å². The summed E-state index contributed by atoms with van der Waals surface area (Å²) < 4.78 is 49.4. The van der Waals surface area contributed by atoms with Crippen molar-refractivity contribution >= 4 is 11.6 Å². The number of ether oxygens (including phenoxy) is 1. The summed E-state index contributed by atoms with van der Waals surface area (Å²) in [5, 5.41) is 2.94. The van der Waals surface area contributed by atoms with Crippen LogP contribution < -0.4 is 15.0 Å². The summed E-state index contributed by atoms with van der Waals surface area (Å²) in [7, 11) is 3.22. The lowest BCUT2D eigenvalue weighted by Gasteiger charge is -2.41. The molecule has 4 nitrogen and oxygen atoms in total.